The van der Waals surface area contributed by atoms with Gasteiger partial charge >= 0.3 is 0 Å². The molecule has 0 aromatic carbocycles. The Balaban J connectivity index is 2.03. The molecule has 0 unspecified atom stereocenters. The highest BCUT2D eigenvalue weighted by molar-refractivity contribution is 7.88. The predicted molar refractivity (Wildman–Crippen MR) is 73.5 cm³/mol. The Labute approximate surface area is 110 Å². The molecule has 0 aliphatic carbocycles. The van der Waals surface area contributed by atoms with Crippen LogP contribution in [0.3, 0.4) is 0 Å². The molecule has 6 nitrogen and oxygen atoms in total. The van der Waals surface area contributed by atoms with Gasteiger partial charge in [0.05, 0.1) is 11.6 Å². The third-order valence-corrected chi connectivity index (χ3v) is 3.92. The highest BCUT2D eigenvalue weighted by Gasteiger charge is 2.06. The van der Waals surface area contributed by atoms with Gasteiger partial charge in [-0.1, -0.05) is 0 Å². The molecule has 0 bridgehead atoms. The second kappa shape index (κ2) is 5.17. The Bertz CT molecular complexity index is 651. The lowest BCUT2D eigenvalue weighted by Gasteiger charge is -2.06. The first kappa shape index (κ1) is 13.2. The van der Waals surface area contributed by atoms with Crippen molar-refractivity contribution >= 4 is 37.4 Å². The maximum Gasteiger partial charge on any atom is 0.208 e. The molecule has 2 aromatic rings. The van der Waals surface area contributed by atoms with E-state index in [1.807, 2.05) is 13.0 Å². The minimum absolute atomic E-state index is 0.327. The third kappa shape index (κ3) is 3.37. The summed E-state index contributed by atoms with van der Waals surface area (Å²) >= 11 is 1.61. The first-order chi connectivity index (χ1) is 8.46. The molecule has 0 saturated carbocycles. The summed E-state index contributed by atoms with van der Waals surface area (Å²) in [4.78, 5) is 10.4. The van der Waals surface area contributed by atoms with E-state index in [1.165, 1.54) is 11.2 Å². The van der Waals surface area contributed by atoms with Crippen LogP contribution in [0, 0.1) is 6.92 Å². The van der Waals surface area contributed by atoms with Crippen LogP contribution >= 0.6 is 11.3 Å². The number of nitrogens with zero attached hydrogens (tertiary/aromatic N) is 2. The molecule has 0 spiro atoms. The summed E-state index contributed by atoms with van der Waals surface area (Å²) in [6.07, 6.45) is 2.64. The van der Waals surface area contributed by atoms with Crippen LogP contribution in [0.1, 0.15) is 4.88 Å². The third-order valence-electron chi connectivity index (χ3n) is 2.23. The number of rotatable bonds is 5. The van der Waals surface area contributed by atoms with E-state index in [4.69, 9.17) is 0 Å². The predicted octanol–water partition coefficient (Wildman–Crippen LogP) is 0.961. The topological polar surface area (TPSA) is 84.0 Å². The standard InChI is InChI=1S/C10H14N4O2S2/c1-7-5-8-9(12-6-13-10(8)17-7)11-3-4-14-18(2,15)16/h5-6,14H,3-4H2,1-2H3,(H,11,12,13). The number of thiophene rings is 1. The molecule has 0 saturated heterocycles. The molecule has 98 valence electrons. The Kier molecular flexibility index (Phi) is 3.79. The summed E-state index contributed by atoms with van der Waals surface area (Å²) in [6.45, 7) is 2.82. The maximum atomic E-state index is 10.9. The second-order valence-corrected chi connectivity index (χ2v) is 6.96. The smallest absolute Gasteiger partial charge is 0.208 e. The van der Waals surface area contributed by atoms with Gasteiger partial charge in [0.15, 0.2) is 0 Å². The number of aromatic nitrogens is 2. The van der Waals surface area contributed by atoms with Gasteiger partial charge < -0.3 is 5.32 Å². The molecular weight excluding hydrogens is 272 g/mol. The van der Waals surface area contributed by atoms with Gasteiger partial charge in [-0.25, -0.2) is 23.1 Å². The van der Waals surface area contributed by atoms with E-state index < -0.39 is 10.0 Å². The fourth-order valence-electron chi connectivity index (χ4n) is 1.53. The van der Waals surface area contributed by atoms with E-state index in [2.05, 4.69) is 20.0 Å². The Morgan fingerprint density at radius 3 is 2.83 bits per heavy atom. The fraction of sp³-hybridized carbons (Fsp3) is 0.400. The van der Waals surface area contributed by atoms with Gasteiger partial charge in [0.25, 0.3) is 0 Å². The molecule has 0 fully saturated rings. The zero-order valence-electron chi connectivity index (χ0n) is 10.1. The molecular formula is C10H14N4O2S2. The van der Waals surface area contributed by atoms with Gasteiger partial charge in [0, 0.05) is 18.0 Å². The van der Waals surface area contributed by atoms with Crippen LogP contribution < -0.4 is 10.0 Å². The van der Waals surface area contributed by atoms with Crippen LogP contribution in [0.25, 0.3) is 10.2 Å². The van der Waals surface area contributed by atoms with Gasteiger partial charge in [-0.05, 0) is 13.0 Å². The SMILES string of the molecule is Cc1cc2c(NCCNS(C)(=O)=O)ncnc2s1. The van der Waals surface area contributed by atoms with Crippen molar-refractivity contribution in [2.45, 2.75) is 6.92 Å². The maximum absolute atomic E-state index is 10.9. The van der Waals surface area contributed by atoms with E-state index in [0.717, 1.165) is 22.3 Å². The summed E-state index contributed by atoms with van der Waals surface area (Å²) in [5, 5.41) is 4.07. The van der Waals surface area contributed by atoms with Gasteiger partial charge in [-0.15, -0.1) is 11.3 Å². The van der Waals surface area contributed by atoms with Gasteiger partial charge in [0.2, 0.25) is 10.0 Å². The first-order valence-electron chi connectivity index (χ1n) is 5.35. The molecule has 0 aliphatic rings. The number of hydrogen-bond acceptors (Lipinski definition) is 6. The lowest BCUT2D eigenvalue weighted by Crippen LogP contribution is -2.27. The number of nitrogens with one attached hydrogen (secondary N) is 2. The number of aryl methyl sites for hydroxylation is 1. The summed E-state index contributed by atoms with van der Waals surface area (Å²) in [5.41, 5.74) is 0. The van der Waals surface area contributed by atoms with Crippen LogP contribution in [-0.4, -0.2) is 37.7 Å². The van der Waals surface area contributed by atoms with Crippen LogP contribution in [0.2, 0.25) is 0 Å². The van der Waals surface area contributed by atoms with Gasteiger partial charge in [-0.2, -0.15) is 0 Å². The summed E-state index contributed by atoms with van der Waals surface area (Å²) in [5.74, 6) is 0.736. The molecule has 2 aromatic heterocycles. The molecule has 0 atom stereocenters. The van der Waals surface area contributed by atoms with Crippen LogP contribution in [0.4, 0.5) is 5.82 Å². The van der Waals surface area contributed by atoms with Crippen LogP contribution in [0.5, 0.6) is 0 Å². The summed E-state index contributed by atoms with van der Waals surface area (Å²) in [7, 11) is -3.14. The van der Waals surface area contributed by atoms with Crippen molar-refractivity contribution < 1.29 is 8.42 Å². The summed E-state index contributed by atoms with van der Waals surface area (Å²) in [6, 6.07) is 2.02. The minimum atomic E-state index is -3.14. The average Bonchev–Trinajstić information content (AvgIpc) is 2.64. The molecule has 0 radical (unpaired) electrons. The van der Waals surface area contributed by atoms with Crippen molar-refractivity contribution in [1.82, 2.24) is 14.7 Å². The van der Waals surface area contributed by atoms with Crippen molar-refractivity contribution in [3.8, 4) is 0 Å². The zero-order chi connectivity index (χ0) is 13.2. The Morgan fingerprint density at radius 1 is 1.33 bits per heavy atom. The van der Waals surface area contributed by atoms with Crippen molar-refractivity contribution in [1.29, 1.82) is 0 Å². The first-order valence-corrected chi connectivity index (χ1v) is 8.06. The number of sulfonamides is 1. The molecule has 2 N–H and O–H groups in total. The molecule has 0 amide bonds. The van der Waals surface area contributed by atoms with E-state index in [-0.39, 0.29) is 0 Å². The number of anilines is 1. The highest BCUT2D eigenvalue weighted by atomic mass is 32.2. The van der Waals surface area contributed by atoms with Crippen molar-refractivity contribution in [2.75, 3.05) is 24.7 Å². The molecule has 8 heteroatoms. The second-order valence-electron chi connectivity index (χ2n) is 3.89. The van der Waals surface area contributed by atoms with E-state index in [0.29, 0.717) is 13.1 Å². The Morgan fingerprint density at radius 2 is 2.11 bits per heavy atom. The fourth-order valence-corrected chi connectivity index (χ4v) is 2.85. The van der Waals surface area contributed by atoms with Crippen molar-refractivity contribution in [2.24, 2.45) is 0 Å². The molecule has 2 rings (SSSR count). The average molecular weight is 286 g/mol. The number of hydrogen-bond donors (Lipinski definition) is 2. The number of fused-ring (bicyclic) bond motifs is 1. The minimum Gasteiger partial charge on any atom is -0.368 e. The van der Waals surface area contributed by atoms with Gasteiger partial charge in [-0.3, -0.25) is 0 Å². The lowest BCUT2D eigenvalue weighted by atomic mass is 10.3. The molecule has 18 heavy (non-hydrogen) atoms. The Hall–Kier alpha value is -1.25. The largest absolute Gasteiger partial charge is 0.368 e. The van der Waals surface area contributed by atoms with E-state index in [9.17, 15) is 8.42 Å². The normalized spacial score (nSPS) is 11.9. The van der Waals surface area contributed by atoms with E-state index >= 15 is 0 Å². The van der Waals surface area contributed by atoms with Crippen molar-refractivity contribution in [3.63, 3.8) is 0 Å². The monoisotopic (exact) mass is 286 g/mol. The molecule has 0 aliphatic heterocycles. The highest BCUT2D eigenvalue weighted by Crippen LogP contribution is 2.27. The quantitative estimate of drug-likeness (QED) is 0.800. The lowest BCUT2D eigenvalue weighted by molar-refractivity contribution is 0.589. The van der Waals surface area contributed by atoms with Crippen LogP contribution in [0.15, 0.2) is 12.4 Å². The van der Waals surface area contributed by atoms with Gasteiger partial charge in [0.1, 0.15) is 17.0 Å². The van der Waals surface area contributed by atoms with Crippen molar-refractivity contribution in [3.05, 3.63) is 17.3 Å². The zero-order valence-corrected chi connectivity index (χ0v) is 11.7. The van der Waals surface area contributed by atoms with E-state index in [1.54, 1.807) is 11.3 Å². The van der Waals surface area contributed by atoms with Crippen LogP contribution in [-0.2, 0) is 10.0 Å². The summed E-state index contributed by atoms with van der Waals surface area (Å²) < 4.78 is 24.2. The molecule has 2 heterocycles.